The largest absolute Gasteiger partial charge is 0.351 e. The Bertz CT molecular complexity index is 552. The molecule has 0 unspecified atom stereocenters. The Kier molecular flexibility index (Phi) is 2.22. The molecule has 0 saturated carbocycles. The number of carbonyl (C=O) groups excluding carboxylic acids is 1. The number of rotatable bonds is 0. The van der Waals surface area contributed by atoms with E-state index in [2.05, 4.69) is 15.9 Å². The lowest BCUT2D eigenvalue weighted by atomic mass is 9.89. The summed E-state index contributed by atoms with van der Waals surface area (Å²) in [6.45, 7) is 2.41. The Morgan fingerprint density at radius 1 is 1.41 bits per heavy atom. The zero-order valence-corrected chi connectivity index (χ0v) is 11.2. The lowest BCUT2D eigenvalue weighted by Crippen LogP contribution is -2.39. The minimum Gasteiger partial charge on any atom is -0.351 e. The summed E-state index contributed by atoms with van der Waals surface area (Å²) in [6, 6.07) is 7.79. The highest BCUT2D eigenvalue weighted by molar-refractivity contribution is 9.11. The van der Waals surface area contributed by atoms with Gasteiger partial charge in [0.25, 0.3) is 5.91 Å². The lowest BCUT2D eigenvalue weighted by Gasteiger charge is -2.23. The number of amides is 1. The summed E-state index contributed by atoms with van der Waals surface area (Å²) >= 11 is 3.47. The Balaban J connectivity index is 2.30. The molecule has 1 atom stereocenters. The molecule has 1 spiro atoms. The Labute approximate surface area is 108 Å². The third kappa shape index (κ3) is 1.17. The van der Waals surface area contributed by atoms with Crippen LogP contribution in [0.2, 0.25) is 0 Å². The van der Waals surface area contributed by atoms with Gasteiger partial charge in [-0.15, -0.1) is 0 Å². The fraction of sp³-hybridized carbons (Fsp3) is 0.308. The van der Waals surface area contributed by atoms with Gasteiger partial charge >= 0.3 is 0 Å². The average Bonchev–Trinajstić information content (AvgIpc) is 2.76. The maximum atomic E-state index is 12.5. The standard InChI is InChI=1S/C13H12BrNO2/c1-8-10(14)7-17-13(8)9-5-3-4-6-11(9)15(2)12(13)16/h3-6H,7H2,1-2H3/t13-/m0/s1. The number of anilines is 1. The predicted octanol–water partition coefficient (Wildman–Crippen LogP) is 2.56. The number of benzene rings is 1. The second kappa shape index (κ2) is 3.43. The van der Waals surface area contributed by atoms with E-state index in [0.29, 0.717) is 6.61 Å². The molecule has 1 aromatic rings. The molecule has 17 heavy (non-hydrogen) atoms. The Morgan fingerprint density at radius 3 is 2.76 bits per heavy atom. The molecular formula is C13H12BrNO2. The molecule has 0 radical (unpaired) electrons. The molecule has 0 fully saturated rings. The zero-order valence-electron chi connectivity index (χ0n) is 9.66. The maximum Gasteiger partial charge on any atom is 0.268 e. The summed E-state index contributed by atoms with van der Waals surface area (Å²) < 4.78 is 6.79. The number of halogens is 1. The predicted molar refractivity (Wildman–Crippen MR) is 69.1 cm³/mol. The Hall–Kier alpha value is -1.13. The van der Waals surface area contributed by atoms with Gasteiger partial charge in [0.05, 0.1) is 12.3 Å². The Morgan fingerprint density at radius 2 is 2.12 bits per heavy atom. The van der Waals surface area contributed by atoms with E-state index in [4.69, 9.17) is 4.74 Å². The SMILES string of the molecule is CC1=C(Br)CO[C@@]12C(=O)N(C)c1ccccc12. The molecule has 0 saturated heterocycles. The number of hydrogen-bond donors (Lipinski definition) is 0. The second-order valence-corrected chi connectivity index (χ2v) is 5.34. The molecule has 2 heterocycles. The van der Waals surface area contributed by atoms with E-state index >= 15 is 0 Å². The van der Waals surface area contributed by atoms with Crippen LogP contribution in [0.15, 0.2) is 34.3 Å². The van der Waals surface area contributed by atoms with Gasteiger partial charge in [-0.3, -0.25) is 4.79 Å². The first-order valence-electron chi connectivity index (χ1n) is 5.46. The topological polar surface area (TPSA) is 29.5 Å². The molecule has 1 amide bonds. The summed E-state index contributed by atoms with van der Waals surface area (Å²) in [7, 11) is 1.79. The van der Waals surface area contributed by atoms with E-state index in [1.165, 1.54) is 0 Å². The van der Waals surface area contributed by atoms with Crippen molar-refractivity contribution in [2.75, 3.05) is 18.6 Å². The fourth-order valence-electron chi connectivity index (χ4n) is 2.61. The number of carbonyl (C=O) groups is 1. The van der Waals surface area contributed by atoms with Gasteiger partial charge in [0.1, 0.15) is 0 Å². The van der Waals surface area contributed by atoms with Gasteiger partial charge in [0, 0.05) is 17.1 Å². The quantitative estimate of drug-likeness (QED) is 0.736. The molecule has 0 aliphatic carbocycles. The number of ether oxygens (including phenoxy) is 1. The number of para-hydroxylation sites is 1. The first-order valence-corrected chi connectivity index (χ1v) is 6.25. The van der Waals surface area contributed by atoms with Gasteiger partial charge < -0.3 is 9.64 Å². The molecule has 3 nitrogen and oxygen atoms in total. The lowest BCUT2D eigenvalue weighted by molar-refractivity contribution is -0.135. The van der Waals surface area contributed by atoms with E-state index < -0.39 is 5.60 Å². The monoisotopic (exact) mass is 293 g/mol. The van der Waals surface area contributed by atoms with Crippen molar-refractivity contribution in [1.82, 2.24) is 0 Å². The third-order valence-electron chi connectivity index (χ3n) is 3.60. The second-order valence-electron chi connectivity index (χ2n) is 4.38. The van der Waals surface area contributed by atoms with Crippen LogP contribution in [0.3, 0.4) is 0 Å². The van der Waals surface area contributed by atoms with E-state index in [1.54, 1.807) is 11.9 Å². The van der Waals surface area contributed by atoms with Gasteiger partial charge in [-0.05, 0) is 18.6 Å². The smallest absolute Gasteiger partial charge is 0.268 e. The molecule has 0 bridgehead atoms. The highest BCUT2D eigenvalue weighted by Gasteiger charge is 2.55. The molecule has 3 rings (SSSR count). The van der Waals surface area contributed by atoms with Crippen molar-refractivity contribution in [3.8, 4) is 0 Å². The summed E-state index contributed by atoms with van der Waals surface area (Å²) in [4.78, 5) is 14.2. The van der Waals surface area contributed by atoms with Crippen LogP contribution in [0, 0.1) is 0 Å². The average molecular weight is 294 g/mol. The van der Waals surface area contributed by atoms with E-state index in [1.807, 2.05) is 31.2 Å². The fourth-order valence-corrected chi connectivity index (χ4v) is 3.00. The number of hydrogen-bond acceptors (Lipinski definition) is 2. The third-order valence-corrected chi connectivity index (χ3v) is 4.42. The number of fused-ring (bicyclic) bond motifs is 2. The molecule has 2 aliphatic heterocycles. The number of likely N-dealkylation sites (N-methyl/N-ethyl adjacent to an activating group) is 1. The van der Waals surface area contributed by atoms with Gasteiger partial charge in [-0.1, -0.05) is 34.1 Å². The molecule has 1 aromatic carbocycles. The van der Waals surface area contributed by atoms with Crippen LogP contribution in [0.1, 0.15) is 12.5 Å². The van der Waals surface area contributed by atoms with Crippen LogP contribution in [0.5, 0.6) is 0 Å². The van der Waals surface area contributed by atoms with Crippen LogP contribution in [-0.2, 0) is 15.1 Å². The van der Waals surface area contributed by atoms with Crippen LogP contribution in [-0.4, -0.2) is 19.6 Å². The van der Waals surface area contributed by atoms with Crippen LogP contribution in [0.4, 0.5) is 5.69 Å². The maximum absolute atomic E-state index is 12.5. The first kappa shape index (κ1) is 11.0. The zero-order chi connectivity index (χ0) is 12.2. The molecular weight excluding hydrogens is 282 g/mol. The van der Waals surface area contributed by atoms with Crippen LogP contribution < -0.4 is 4.90 Å². The van der Waals surface area contributed by atoms with Crippen molar-refractivity contribution in [2.45, 2.75) is 12.5 Å². The van der Waals surface area contributed by atoms with E-state index in [-0.39, 0.29) is 5.91 Å². The van der Waals surface area contributed by atoms with Gasteiger partial charge in [0.2, 0.25) is 0 Å². The summed E-state index contributed by atoms with van der Waals surface area (Å²) in [5.41, 5.74) is 1.93. The van der Waals surface area contributed by atoms with Crippen LogP contribution >= 0.6 is 15.9 Å². The van der Waals surface area contributed by atoms with Crippen LogP contribution in [0.25, 0.3) is 0 Å². The summed E-state index contributed by atoms with van der Waals surface area (Å²) in [5, 5.41) is 0. The number of nitrogens with zero attached hydrogens (tertiary/aromatic N) is 1. The molecule has 0 N–H and O–H groups in total. The summed E-state index contributed by atoms with van der Waals surface area (Å²) in [5.74, 6) is -0.00866. The molecule has 88 valence electrons. The van der Waals surface area contributed by atoms with Gasteiger partial charge in [-0.25, -0.2) is 0 Å². The normalized spacial score (nSPS) is 27.2. The first-order chi connectivity index (χ1) is 8.09. The van der Waals surface area contributed by atoms with Crippen molar-refractivity contribution in [3.63, 3.8) is 0 Å². The molecule has 2 aliphatic rings. The van der Waals surface area contributed by atoms with E-state index in [0.717, 1.165) is 21.3 Å². The van der Waals surface area contributed by atoms with Gasteiger partial charge in [-0.2, -0.15) is 0 Å². The minimum atomic E-state index is -0.899. The summed E-state index contributed by atoms with van der Waals surface area (Å²) in [6.07, 6.45) is 0. The van der Waals surface area contributed by atoms with Crippen molar-refractivity contribution < 1.29 is 9.53 Å². The highest BCUT2D eigenvalue weighted by Crippen LogP contribution is 2.50. The molecule has 0 aromatic heterocycles. The van der Waals surface area contributed by atoms with Crippen molar-refractivity contribution in [3.05, 3.63) is 39.9 Å². The van der Waals surface area contributed by atoms with Crippen molar-refractivity contribution in [1.29, 1.82) is 0 Å². The van der Waals surface area contributed by atoms with Crippen molar-refractivity contribution >= 4 is 27.5 Å². The highest BCUT2D eigenvalue weighted by atomic mass is 79.9. The minimum absolute atomic E-state index is 0.00866. The van der Waals surface area contributed by atoms with Crippen molar-refractivity contribution in [2.24, 2.45) is 0 Å². The molecule has 4 heteroatoms. The van der Waals surface area contributed by atoms with E-state index in [9.17, 15) is 4.79 Å². The van der Waals surface area contributed by atoms with Gasteiger partial charge in [0.15, 0.2) is 5.60 Å².